The summed E-state index contributed by atoms with van der Waals surface area (Å²) in [6.07, 6.45) is 0. The van der Waals surface area contributed by atoms with Gasteiger partial charge in [0.05, 0.1) is 0 Å². The first-order chi connectivity index (χ1) is 8.02. The molecule has 0 aromatic heterocycles. The lowest BCUT2D eigenvalue weighted by Gasteiger charge is -2.16. The fraction of sp³-hybridized carbons (Fsp3) is 0.308. The Hall–Kier alpha value is -1.48. The van der Waals surface area contributed by atoms with Gasteiger partial charge in [0.2, 0.25) is 0 Å². The van der Waals surface area contributed by atoms with Gasteiger partial charge in [-0.25, -0.2) is 4.99 Å². The summed E-state index contributed by atoms with van der Waals surface area (Å²) in [4.78, 5) is 4.05. The highest BCUT2D eigenvalue weighted by Crippen LogP contribution is 2.18. The van der Waals surface area contributed by atoms with Crippen LogP contribution in [0.15, 0.2) is 41.7 Å². The highest BCUT2D eigenvalue weighted by atomic mass is 35.5. The molecule has 92 valence electrons. The van der Waals surface area contributed by atoms with Crippen LogP contribution in [0.1, 0.15) is 25.5 Å². The Bertz CT molecular complexity index is 422. The highest BCUT2D eigenvalue weighted by molar-refractivity contribution is 6.64. The van der Waals surface area contributed by atoms with E-state index in [4.69, 9.17) is 11.6 Å². The van der Waals surface area contributed by atoms with Gasteiger partial charge < -0.3 is 10.6 Å². The van der Waals surface area contributed by atoms with Crippen LogP contribution in [0.3, 0.4) is 0 Å². The number of nitrogens with one attached hydrogen (secondary N) is 2. The summed E-state index contributed by atoms with van der Waals surface area (Å²) in [6.45, 7) is 7.58. The van der Waals surface area contributed by atoms with Gasteiger partial charge in [0.25, 0.3) is 0 Å². The third-order valence-electron chi connectivity index (χ3n) is 2.35. The number of rotatable bonds is 5. The van der Waals surface area contributed by atoms with Crippen LogP contribution in [0.2, 0.25) is 0 Å². The van der Waals surface area contributed by atoms with Crippen LogP contribution >= 0.6 is 11.6 Å². The molecule has 1 unspecified atom stereocenters. The molecule has 0 aliphatic carbocycles. The summed E-state index contributed by atoms with van der Waals surface area (Å²) in [5, 5.41) is 6.76. The third-order valence-corrected chi connectivity index (χ3v) is 2.43. The van der Waals surface area contributed by atoms with E-state index >= 15 is 0 Å². The van der Waals surface area contributed by atoms with Crippen LogP contribution in [-0.2, 0) is 0 Å². The van der Waals surface area contributed by atoms with Crippen molar-refractivity contribution in [3.63, 3.8) is 0 Å². The topological polar surface area (TPSA) is 36.4 Å². The van der Waals surface area contributed by atoms with Gasteiger partial charge in [-0.2, -0.15) is 0 Å². The minimum atomic E-state index is 0.135. The Morgan fingerprint density at radius 3 is 2.76 bits per heavy atom. The number of anilines is 1. The average Bonchev–Trinajstić information content (AvgIpc) is 2.27. The maximum absolute atomic E-state index is 5.69. The van der Waals surface area contributed by atoms with E-state index in [0.29, 0.717) is 11.0 Å². The molecule has 17 heavy (non-hydrogen) atoms. The predicted octanol–water partition coefficient (Wildman–Crippen LogP) is 3.51. The Morgan fingerprint density at radius 2 is 2.18 bits per heavy atom. The quantitative estimate of drug-likeness (QED) is 0.786. The Balaban J connectivity index is 2.72. The molecule has 0 bridgehead atoms. The van der Waals surface area contributed by atoms with Crippen molar-refractivity contribution in [1.82, 2.24) is 5.32 Å². The molecule has 1 aromatic carbocycles. The molecule has 1 atom stereocenters. The summed E-state index contributed by atoms with van der Waals surface area (Å²) in [7, 11) is 1.90. The first-order valence-electron chi connectivity index (χ1n) is 5.47. The second-order valence-corrected chi connectivity index (χ2v) is 4.34. The molecule has 0 saturated carbocycles. The van der Waals surface area contributed by atoms with Crippen molar-refractivity contribution in [3.05, 3.63) is 42.2 Å². The lowest BCUT2D eigenvalue weighted by Crippen LogP contribution is -2.16. The normalized spacial score (nSPS) is 13.1. The SMILES string of the molecule is C=C(N=C(C)Cl)NC(C)c1cccc(NC)c1. The van der Waals surface area contributed by atoms with E-state index in [-0.39, 0.29) is 6.04 Å². The van der Waals surface area contributed by atoms with E-state index in [1.165, 1.54) is 5.56 Å². The molecular weight excluding hydrogens is 234 g/mol. The number of hydrogen-bond acceptors (Lipinski definition) is 3. The molecule has 3 nitrogen and oxygen atoms in total. The molecule has 1 rings (SSSR count). The second kappa shape index (κ2) is 6.30. The van der Waals surface area contributed by atoms with Gasteiger partial charge in [0, 0.05) is 18.8 Å². The molecular formula is C13H18ClN3. The summed E-state index contributed by atoms with van der Waals surface area (Å²) in [5.74, 6) is 0.569. The zero-order valence-corrected chi connectivity index (χ0v) is 11.2. The van der Waals surface area contributed by atoms with Crippen molar-refractivity contribution in [1.29, 1.82) is 0 Å². The van der Waals surface area contributed by atoms with Crippen LogP contribution in [0.4, 0.5) is 5.69 Å². The zero-order valence-electron chi connectivity index (χ0n) is 10.4. The van der Waals surface area contributed by atoms with Crippen molar-refractivity contribution in [2.24, 2.45) is 4.99 Å². The number of halogens is 1. The fourth-order valence-electron chi connectivity index (χ4n) is 1.52. The molecule has 4 heteroatoms. The Morgan fingerprint density at radius 1 is 1.47 bits per heavy atom. The molecule has 0 heterocycles. The van der Waals surface area contributed by atoms with Gasteiger partial charge in [-0.05, 0) is 31.5 Å². The maximum Gasteiger partial charge on any atom is 0.120 e. The third kappa shape index (κ3) is 4.49. The molecule has 0 aliphatic heterocycles. The van der Waals surface area contributed by atoms with Crippen LogP contribution in [0, 0.1) is 0 Å². The minimum absolute atomic E-state index is 0.135. The lowest BCUT2D eigenvalue weighted by atomic mass is 10.1. The van der Waals surface area contributed by atoms with Gasteiger partial charge >= 0.3 is 0 Å². The predicted molar refractivity (Wildman–Crippen MR) is 75.6 cm³/mol. The van der Waals surface area contributed by atoms with Crippen molar-refractivity contribution in [2.45, 2.75) is 19.9 Å². The molecule has 2 N–H and O–H groups in total. The molecule has 0 saturated heterocycles. The molecule has 0 radical (unpaired) electrons. The van der Waals surface area contributed by atoms with E-state index < -0.39 is 0 Å². The number of aliphatic imine (C=N–C) groups is 1. The van der Waals surface area contributed by atoms with E-state index in [1.54, 1.807) is 6.92 Å². The maximum atomic E-state index is 5.69. The first kappa shape index (κ1) is 13.6. The largest absolute Gasteiger partial charge is 0.388 e. The number of nitrogens with zero attached hydrogens (tertiary/aromatic N) is 1. The number of benzene rings is 1. The summed E-state index contributed by atoms with van der Waals surface area (Å²) in [5.41, 5.74) is 2.25. The molecule has 0 fully saturated rings. The van der Waals surface area contributed by atoms with Gasteiger partial charge in [-0.15, -0.1) is 0 Å². The van der Waals surface area contributed by atoms with E-state index in [9.17, 15) is 0 Å². The van der Waals surface area contributed by atoms with Crippen LogP contribution < -0.4 is 10.6 Å². The zero-order chi connectivity index (χ0) is 12.8. The fourth-order valence-corrected chi connectivity index (χ4v) is 1.62. The molecule has 0 spiro atoms. The van der Waals surface area contributed by atoms with Crippen LogP contribution in [-0.4, -0.2) is 12.2 Å². The van der Waals surface area contributed by atoms with Gasteiger partial charge in [-0.1, -0.05) is 30.3 Å². The number of hydrogen-bond donors (Lipinski definition) is 2. The smallest absolute Gasteiger partial charge is 0.120 e. The molecule has 1 aromatic rings. The monoisotopic (exact) mass is 251 g/mol. The summed E-state index contributed by atoms with van der Waals surface area (Å²) >= 11 is 5.69. The van der Waals surface area contributed by atoms with E-state index in [2.05, 4.69) is 41.3 Å². The minimum Gasteiger partial charge on any atom is -0.388 e. The van der Waals surface area contributed by atoms with Crippen molar-refractivity contribution in [2.75, 3.05) is 12.4 Å². The van der Waals surface area contributed by atoms with Gasteiger partial charge in [0.1, 0.15) is 11.0 Å². The van der Waals surface area contributed by atoms with Crippen LogP contribution in [0.5, 0.6) is 0 Å². The van der Waals surface area contributed by atoms with E-state index in [1.807, 2.05) is 19.2 Å². The molecule has 0 aliphatic rings. The van der Waals surface area contributed by atoms with Crippen molar-refractivity contribution >= 4 is 22.5 Å². The summed E-state index contributed by atoms with van der Waals surface area (Å²) < 4.78 is 0. The van der Waals surface area contributed by atoms with E-state index in [0.717, 1.165) is 5.69 Å². The van der Waals surface area contributed by atoms with Crippen molar-refractivity contribution < 1.29 is 0 Å². The Kier molecular flexibility index (Phi) is 5.04. The molecule has 0 amide bonds. The van der Waals surface area contributed by atoms with Crippen LogP contribution in [0.25, 0.3) is 0 Å². The average molecular weight is 252 g/mol. The Labute approximate surface area is 108 Å². The lowest BCUT2D eigenvalue weighted by molar-refractivity contribution is 0.651. The van der Waals surface area contributed by atoms with Gasteiger partial charge in [-0.3, -0.25) is 0 Å². The van der Waals surface area contributed by atoms with Gasteiger partial charge in [0.15, 0.2) is 0 Å². The summed E-state index contributed by atoms with van der Waals surface area (Å²) in [6, 6.07) is 8.31. The van der Waals surface area contributed by atoms with Crippen molar-refractivity contribution in [3.8, 4) is 0 Å². The highest BCUT2D eigenvalue weighted by Gasteiger charge is 2.05. The second-order valence-electron chi connectivity index (χ2n) is 3.80. The standard InChI is InChI=1S/C13H18ClN3/c1-9(16-11(3)17-10(2)14)12-6-5-7-13(8-12)15-4/h5-9,15-16H,3H2,1-2,4H3. The first-order valence-corrected chi connectivity index (χ1v) is 5.84.